The third-order valence-electron chi connectivity index (χ3n) is 4.10. The number of fused-ring (bicyclic) bond motifs is 1. The van der Waals surface area contributed by atoms with E-state index in [0.29, 0.717) is 27.8 Å². The van der Waals surface area contributed by atoms with E-state index in [4.69, 9.17) is 9.47 Å². The maximum Gasteiger partial charge on any atom is 0.337 e. The van der Waals surface area contributed by atoms with Crippen LogP contribution < -0.4 is 20.3 Å². The summed E-state index contributed by atoms with van der Waals surface area (Å²) in [5, 5.41) is 13.3. The van der Waals surface area contributed by atoms with Gasteiger partial charge in [0.1, 0.15) is 28.7 Å². The smallest absolute Gasteiger partial charge is 0.337 e. The van der Waals surface area contributed by atoms with Crippen molar-refractivity contribution in [3.8, 4) is 11.5 Å². The second-order valence-electron chi connectivity index (χ2n) is 5.80. The summed E-state index contributed by atoms with van der Waals surface area (Å²) in [4.78, 5) is 41.2. The number of hydrogen-bond acceptors (Lipinski definition) is 7. The number of amides is 1. The Bertz CT molecular complexity index is 1130. The number of carboxylic acid groups (broad SMARTS) is 1. The number of methoxy groups -OCH3 is 2. The van der Waals surface area contributed by atoms with Gasteiger partial charge in [-0.15, -0.1) is 11.3 Å². The highest BCUT2D eigenvalue weighted by Gasteiger charge is 2.19. The summed E-state index contributed by atoms with van der Waals surface area (Å²) in [5.41, 5.74) is -0.281. The highest BCUT2D eigenvalue weighted by molar-refractivity contribution is 7.17. The zero-order chi connectivity index (χ0) is 20.4. The molecule has 0 radical (unpaired) electrons. The van der Waals surface area contributed by atoms with Gasteiger partial charge in [0.25, 0.3) is 5.56 Å². The van der Waals surface area contributed by atoms with E-state index in [9.17, 15) is 19.5 Å². The highest BCUT2D eigenvalue weighted by Crippen LogP contribution is 2.29. The van der Waals surface area contributed by atoms with Crippen molar-refractivity contribution in [3.05, 3.63) is 45.3 Å². The van der Waals surface area contributed by atoms with Crippen LogP contribution in [0.5, 0.6) is 11.5 Å². The van der Waals surface area contributed by atoms with Crippen LogP contribution in [0.25, 0.3) is 10.2 Å². The second-order valence-corrected chi connectivity index (χ2v) is 6.66. The summed E-state index contributed by atoms with van der Waals surface area (Å²) in [6.45, 7) is 1.26. The number of aromatic nitrogens is 2. The summed E-state index contributed by atoms with van der Waals surface area (Å²) in [6, 6.07) is 4.90. The molecule has 2 N–H and O–H groups in total. The van der Waals surface area contributed by atoms with Crippen molar-refractivity contribution < 1.29 is 24.2 Å². The largest absolute Gasteiger partial charge is 0.497 e. The fourth-order valence-electron chi connectivity index (χ4n) is 2.70. The number of ether oxygens (including phenoxy) is 2. The Labute approximate surface area is 163 Å². The van der Waals surface area contributed by atoms with Gasteiger partial charge in [-0.3, -0.25) is 14.2 Å². The molecule has 28 heavy (non-hydrogen) atoms. The molecule has 0 aliphatic carbocycles. The molecule has 2 aromatic heterocycles. The number of rotatable bonds is 6. The van der Waals surface area contributed by atoms with Gasteiger partial charge in [0.05, 0.1) is 30.9 Å². The van der Waals surface area contributed by atoms with Gasteiger partial charge in [-0.25, -0.2) is 9.78 Å². The second kappa shape index (κ2) is 7.69. The maximum absolute atomic E-state index is 12.8. The zero-order valence-corrected chi connectivity index (χ0v) is 16.1. The number of nitrogens with one attached hydrogen (secondary N) is 1. The summed E-state index contributed by atoms with van der Waals surface area (Å²) in [7, 11) is 2.97. The monoisotopic (exact) mass is 403 g/mol. The summed E-state index contributed by atoms with van der Waals surface area (Å²) in [5.74, 6) is -0.422. The Morgan fingerprint density at radius 1 is 1.29 bits per heavy atom. The van der Waals surface area contributed by atoms with E-state index < -0.39 is 17.4 Å². The molecule has 9 nitrogen and oxygen atoms in total. The lowest BCUT2D eigenvalue weighted by atomic mass is 10.2. The first-order valence-electron chi connectivity index (χ1n) is 8.09. The highest BCUT2D eigenvalue weighted by atomic mass is 32.1. The number of aromatic carboxylic acids is 1. The van der Waals surface area contributed by atoms with Gasteiger partial charge >= 0.3 is 5.97 Å². The third kappa shape index (κ3) is 3.54. The average Bonchev–Trinajstić information content (AvgIpc) is 3.09. The number of aryl methyl sites for hydroxylation is 1. The van der Waals surface area contributed by atoms with E-state index in [1.165, 1.54) is 19.6 Å². The van der Waals surface area contributed by atoms with Gasteiger partial charge < -0.3 is 19.9 Å². The molecule has 0 atom stereocenters. The van der Waals surface area contributed by atoms with Crippen LogP contribution in [-0.4, -0.2) is 40.8 Å². The number of thiophene rings is 1. The number of carbonyl (C=O) groups excluding carboxylic acids is 1. The Kier molecular flexibility index (Phi) is 5.32. The maximum atomic E-state index is 12.8. The van der Waals surface area contributed by atoms with Crippen LogP contribution >= 0.6 is 11.3 Å². The number of nitrogens with zero attached hydrogens (tertiary/aromatic N) is 2. The van der Waals surface area contributed by atoms with Crippen molar-refractivity contribution in [1.29, 1.82) is 0 Å². The van der Waals surface area contributed by atoms with Crippen molar-refractivity contribution >= 4 is 39.1 Å². The normalized spacial score (nSPS) is 10.7. The van der Waals surface area contributed by atoms with E-state index in [1.54, 1.807) is 25.1 Å². The van der Waals surface area contributed by atoms with Crippen LogP contribution in [0, 0.1) is 6.92 Å². The Balaban J connectivity index is 1.92. The van der Waals surface area contributed by atoms with Crippen molar-refractivity contribution in [2.24, 2.45) is 0 Å². The number of carbonyl (C=O) groups is 2. The van der Waals surface area contributed by atoms with E-state index in [-0.39, 0.29) is 17.5 Å². The Morgan fingerprint density at radius 3 is 2.68 bits per heavy atom. The number of carboxylic acids is 1. The molecule has 0 saturated carbocycles. The molecule has 0 aliphatic heterocycles. The van der Waals surface area contributed by atoms with Crippen LogP contribution in [0.4, 0.5) is 5.69 Å². The summed E-state index contributed by atoms with van der Waals surface area (Å²) in [6.07, 6.45) is 0. The fraction of sp³-hybridized carbons (Fsp3) is 0.222. The van der Waals surface area contributed by atoms with E-state index in [2.05, 4.69) is 10.3 Å². The molecule has 1 amide bonds. The predicted octanol–water partition coefficient (Wildman–Crippen LogP) is 2.12. The van der Waals surface area contributed by atoms with Gasteiger partial charge in [0.15, 0.2) is 0 Å². The standard InChI is InChI=1S/C18H17N3O6S/c1-9-19-16-15(11(8-28-16)18(24)25)17(23)21(9)7-14(22)20-12-5-4-10(26-2)6-13(12)27-3/h4-6,8H,7H2,1-3H3,(H,20,22)(H,24,25). The summed E-state index contributed by atoms with van der Waals surface area (Å²) >= 11 is 1.07. The SMILES string of the molecule is COc1ccc(NC(=O)Cn2c(C)nc3scc(C(=O)O)c3c2=O)c(OC)c1. The first-order chi connectivity index (χ1) is 13.3. The van der Waals surface area contributed by atoms with Crippen LogP contribution in [0.15, 0.2) is 28.4 Å². The minimum Gasteiger partial charge on any atom is -0.497 e. The lowest BCUT2D eigenvalue weighted by Crippen LogP contribution is -2.30. The van der Waals surface area contributed by atoms with Gasteiger partial charge in [-0.2, -0.15) is 0 Å². The van der Waals surface area contributed by atoms with Gasteiger partial charge in [-0.05, 0) is 19.1 Å². The molecule has 0 saturated heterocycles. The first kappa shape index (κ1) is 19.4. The predicted molar refractivity (Wildman–Crippen MR) is 104 cm³/mol. The number of benzene rings is 1. The lowest BCUT2D eigenvalue weighted by Gasteiger charge is -2.13. The Morgan fingerprint density at radius 2 is 2.04 bits per heavy atom. The van der Waals surface area contributed by atoms with Gasteiger partial charge in [0.2, 0.25) is 5.91 Å². The topological polar surface area (TPSA) is 120 Å². The van der Waals surface area contributed by atoms with Crippen molar-refractivity contribution in [2.45, 2.75) is 13.5 Å². The van der Waals surface area contributed by atoms with Crippen LogP contribution in [-0.2, 0) is 11.3 Å². The van der Waals surface area contributed by atoms with Crippen LogP contribution in [0.3, 0.4) is 0 Å². The van der Waals surface area contributed by atoms with E-state index in [1.807, 2.05) is 0 Å². The fourth-order valence-corrected chi connectivity index (χ4v) is 3.65. The molecular weight excluding hydrogens is 386 g/mol. The molecule has 2 heterocycles. The average molecular weight is 403 g/mol. The minimum atomic E-state index is -1.21. The molecule has 10 heteroatoms. The molecule has 0 aliphatic rings. The van der Waals surface area contributed by atoms with Gasteiger partial charge in [-0.1, -0.05) is 0 Å². The van der Waals surface area contributed by atoms with Crippen molar-refractivity contribution in [2.75, 3.05) is 19.5 Å². The number of anilines is 1. The zero-order valence-electron chi connectivity index (χ0n) is 15.3. The summed E-state index contributed by atoms with van der Waals surface area (Å²) < 4.78 is 11.5. The molecule has 3 aromatic rings. The van der Waals surface area contributed by atoms with Crippen LogP contribution in [0.2, 0.25) is 0 Å². The lowest BCUT2D eigenvalue weighted by molar-refractivity contribution is -0.116. The third-order valence-corrected chi connectivity index (χ3v) is 4.97. The van der Waals surface area contributed by atoms with Crippen LogP contribution in [0.1, 0.15) is 16.2 Å². The van der Waals surface area contributed by atoms with Crippen molar-refractivity contribution in [3.63, 3.8) is 0 Å². The molecule has 0 unspecified atom stereocenters. The van der Waals surface area contributed by atoms with Gasteiger partial charge in [0, 0.05) is 11.4 Å². The molecule has 146 valence electrons. The van der Waals surface area contributed by atoms with E-state index in [0.717, 1.165) is 15.9 Å². The molecule has 0 bridgehead atoms. The molecule has 1 aromatic carbocycles. The first-order valence-corrected chi connectivity index (χ1v) is 8.97. The Hall–Kier alpha value is -3.40. The quantitative estimate of drug-likeness (QED) is 0.647. The van der Waals surface area contributed by atoms with Crippen molar-refractivity contribution in [1.82, 2.24) is 9.55 Å². The molecular formula is C18H17N3O6S. The number of hydrogen-bond donors (Lipinski definition) is 2. The minimum absolute atomic E-state index is 0.00192. The van der Waals surface area contributed by atoms with E-state index >= 15 is 0 Å². The molecule has 0 spiro atoms. The molecule has 3 rings (SSSR count). The molecule has 0 fully saturated rings.